The molecule has 14 heavy (non-hydrogen) atoms. The molecule has 1 rings (SSSR count). The minimum absolute atomic E-state index is 1.07. The van der Waals surface area contributed by atoms with Crippen molar-refractivity contribution < 1.29 is 4.58 Å². The maximum Gasteiger partial charge on any atom is 0.218 e. The molecule has 1 heterocycles. The lowest BCUT2D eigenvalue weighted by Crippen LogP contribution is -2.32. The number of hydrogen-bond acceptors (Lipinski definition) is 1. The van der Waals surface area contributed by atoms with Crippen LogP contribution in [-0.2, 0) is 0 Å². The van der Waals surface area contributed by atoms with Gasteiger partial charge < -0.3 is 4.90 Å². The second-order valence-electron chi connectivity index (χ2n) is 3.91. The Bertz CT molecular complexity index is 206. The molecule has 0 amide bonds. The highest BCUT2D eigenvalue weighted by Crippen LogP contribution is 2.01. The van der Waals surface area contributed by atoms with Gasteiger partial charge in [-0.25, -0.2) is 4.58 Å². The molecule has 0 bridgehead atoms. The summed E-state index contributed by atoms with van der Waals surface area (Å²) in [6.07, 6.45) is 11.9. The molecule has 1 aliphatic heterocycles. The molecule has 0 spiro atoms. The van der Waals surface area contributed by atoms with E-state index in [0.29, 0.717) is 0 Å². The Kier molecular flexibility index (Phi) is 5.35. The molecule has 2 heteroatoms. The lowest BCUT2D eigenvalue weighted by Gasteiger charge is -2.18. The Balaban J connectivity index is 2.18. The maximum atomic E-state index is 2.40. The number of nitrogens with zero attached hydrogens (tertiary/aromatic N) is 2. The van der Waals surface area contributed by atoms with Gasteiger partial charge in [0.05, 0.1) is 0 Å². The van der Waals surface area contributed by atoms with Gasteiger partial charge >= 0.3 is 0 Å². The van der Waals surface area contributed by atoms with Crippen LogP contribution in [0.2, 0.25) is 0 Å². The van der Waals surface area contributed by atoms with Gasteiger partial charge in [0.25, 0.3) is 0 Å². The van der Waals surface area contributed by atoms with Crippen LogP contribution in [0.15, 0.2) is 12.3 Å². The fourth-order valence-corrected chi connectivity index (χ4v) is 1.70. The molecular weight excluding hydrogens is 172 g/mol. The van der Waals surface area contributed by atoms with Gasteiger partial charge in [-0.05, 0) is 13.3 Å². The van der Waals surface area contributed by atoms with Crippen molar-refractivity contribution in [2.45, 2.75) is 39.5 Å². The molecule has 0 radical (unpaired) electrons. The molecule has 0 aromatic heterocycles. The van der Waals surface area contributed by atoms with E-state index in [1.165, 1.54) is 32.2 Å². The fraction of sp³-hybridized carbons (Fsp3) is 0.750. The van der Waals surface area contributed by atoms with Gasteiger partial charge in [0.1, 0.15) is 6.54 Å². The van der Waals surface area contributed by atoms with Crippen molar-refractivity contribution in [3.8, 4) is 0 Å². The van der Waals surface area contributed by atoms with Crippen LogP contribution < -0.4 is 0 Å². The molecule has 0 unspecified atom stereocenters. The van der Waals surface area contributed by atoms with E-state index in [1.54, 1.807) is 0 Å². The summed E-state index contributed by atoms with van der Waals surface area (Å²) in [5, 5.41) is 0. The monoisotopic (exact) mass is 195 g/mol. The summed E-state index contributed by atoms with van der Waals surface area (Å²) < 4.78 is 2.40. The largest absolute Gasteiger partial charge is 0.324 e. The first kappa shape index (κ1) is 11.3. The van der Waals surface area contributed by atoms with E-state index in [1.807, 2.05) is 0 Å². The van der Waals surface area contributed by atoms with Crippen LogP contribution in [0.5, 0.6) is 0 Å². The number of allylic oxidation sites excluding steroid dienone is 1. The summed E-state index contributed by atoms with van der Waals surface area (Å²) in [5.74, 6) is 0. The third kappa shape index (κ3) is 3.95. The molecular formula is C12H23N2+. The van der Waals surface area contributed by atoms with E-state index in [4.69, 9.17) is 0 Å². The SMILES string of the molecule is CCCCCC[N+]1=CC=CN(CC)C1. The first-order chi connectivity index (χ1) is 6.86. The van der Waals surface area contributed by atoms with Crippen LogP contribution in [-0.4, -0.2) is 35.4 Å². The van der Waals surface area contributed by atoms with Gasteiger partial charge in [-0.3, -0.25) is 0 Å². The molecule has 0 aliphatic carbocycles. The predicted molar refractivity (Wildman–Crippen MR) is 61.7 cm³/mol. The molecule has 80 valence electrons. The zero-order chi connectivity index (χ0) is 10.2. The summed E-state index contributed by atoms with van der Waals surface area (Å²) >= 11 is 0. The topological polar surface area (TPSA) is 6.25 Å². The minimum atomic E-state index is 1.07. The fourth-order valence-electron chi connectivity index (χ4n) is 1.70. The predicted octanol–water partition coefficient (Wildman–Crippen LogP) is 2.46. The molecule has 0 fully saturated rings. The van der Waals surface area contributed by atoms with Gasteiger partial charge in [-0.2, -0.15) is 0 Å². The van der Waals surface area contributed by atoms with Gasteiger partial charge in [-0.1, -0.05) is 19.8 Å². The Morgan fingerprint density at radius 1 is 1.21 bits per heavy atom. The maximum absolute atomic E-state index is 2.40. The summed E-state index contributed by atoms with van der Waals surface area (Å²) in [7, 11) is 0. The number of rotatable bonds is 6. The highest BCUT2D eigenvalue weighted by atomic mass is 15.2. The van der Waals surface area contributed by atoms with E-state index < -0.39 is 0 Å². The highest BCUT2D eigenvalue weighted by Gasteiger charge is 2.09. The van der Waals surface area contributed by atoms with Crippen LogP contribution in [0.1, 0.15) is 39.5 Å². The van der Waals surface area contributed by atoms with Crippen LogP contribution >= 0.6 is 0 Å². The van der Waals surface area contributed by atoms with Crippen LogP contribution in [0.25, 0.3) is 0 Å². The van der Waals surface area contributed by atoms with Crippen LogP contribution in [0.3, 0.4) is 0 Å². The average Bonchev–Trinajstić information content (AvgIpc) is 2.25. The normalized spacial score (nSPS) is 15.9. The van der Waals surface area contributed by atoms with Crippen molar-refractivity contribution in [3.05, 3.63) is 12.3 Å². The molecule has 1 aliphatic rings. The Labute approximate surface area is 87.9 Å². The standard InChI is InChI=1S/C12H23N2/c1-3-5-6-7-9-14-11-8-10-13(4-2)12-14/h8,10-11H,3-7,9,12H2,1-2H3/q+1. The van der Waals surface area contributed by atoms with E-state index in [9.17, 15) is 0 Å². The molecule has 2 nitrogen and oxygen atoms in total. The average molecular weight is 195 g/mol. The summed E-state index contributed by atoms with van der Waals surface area (Å²) in [6, 6.07) is 0. The summed E-state index contributed by atoms with van der Waals surface area (Å²) in [4.78, 5) is 2.33. The van der Waals surface area contributed by atoms with Crippen molar-refractivity contribution in [2.75, 3.05) is 19.8 Å². The quantitative estimate of drug-likeness (QED) is 0.466. The van der Waals surface area contributed by atoms with Gasteiger partial charge in [0.15, 0.2) is 6.21 Å². The van der Waals surface area contributed by atoms with Crippen molar-refractivity contribution in [1.82, 2.24) is 4.90 Å². The second kappa shape index (κ2) is 6.63. The smallest absolute Gasteiger partial charge is 0.218 e. The zero-order valence-corrected chi connectivity index (χ0v) is 9.58. The molecule has 0 atom stereocenters. The van der Waals surface area contributed by atoms with Crippen molar-refractivity contribution in [3.63, 3.8) is 0 Å². The molecule has 0 saturated heterocycles. The number of hydrogen-bond donors (Lipinski definition) is 0. The van der Waals surface area contributed by atoms with E-state index in [0.717, 1.165) is 13.2 Å². The lowest BCUT2D eigenvalue weighted by molar-refractivity contribution is -0.543. The first-order valence-corrected chi connectivity index (χ1v) is 5.86. The van der Waals surface area contributed by atoms with Gasteiger partial charge in [-0.15, -0.1) is 0 Å². The third-order valence-electron chi connectivity index (χ3n) is 2.66. The molecule has 0 saturated carbocycles. The van der Waals surface area contributed by atoms with Crippen molar-refractivity contribution in [1.29, 1.82) is 0 Å². The summed E-state index contributed by atoms with van der Waals surface area (Å²) in [6.45, 7) is 7.84. The number of unbranched alkanes of at least 4 members (excludes halogenated alkanes) is 3. The third-order valence-corrected chi connectivity index (χ3v) is 2.66. The van der Waals surface area contributed by atoms with Crippen LogP contribution in [0, 0.1) is 0 Å². The summed E-state index contributed by atoms with van der Waals surface area (Å²) in [5.41, 5.74) is 0. The van der Waals surface area contributed by atoms with Gasteiger partial charge in [0, 0.05) is 25.2 Å². The van der Waals surface area contributed by atoms with Gasteiger partial charge in [0.2, 0.25) is 6.67 Å². The molecule has 0 aromatic rings. The Morgan fingerprint density at radius 3 is 2.79 bits per heavy atom. The molecule has 0 aromatic carbocycles. The highest BCUT2D eigenvalue weighted by molar-refractivity contribution is 5.66. The Hall–Kier alpha value is -0.790. The minimum Gasteiger partial charge on any atom is -0.324 e. The zero-order valence-electron chi connectivity index (χ0n) is 9.58. The second-order valence-corrected chi connectivity index (χ2v) is 3.91. The van der Waals surface area contributed by atoms with Crippen LogP contribution in [0.4, 0.5) is 0 Å². The van der Waals surface area contributed by atoms with E-state index >= 15 is 0 Å². The van der Waals surface area contributed by atoms with Crippen molar-refractivity contribution in [2.24, 2.45) is 0 Å². The lowest BCUT2D eigenvalue weighted by atomic mass is 10.2. The first-order valence-electron chi connectivity index (χ1n) is 5.86. The van der Waals surface area contributed by atoms with E-state index in [-0.39, 0.29) is 0 Å². The molecule has 0 N–H and O–H groups in total. The Morgan fingerprint density at radius 2 is 2.07 bits per heavy atom. The van der Waals surface area contributed by atoms with E-state index in [2.05, 4.69) is 41.8 Å². The van der Waals surface area contributed by atoms with Crippen molar-refractivity contribution >= 4 is 6.21 Å².